The van der Waals surface area contributed by atoms with E-state index in [0.717, 1.165) is 23.3 Å². The lowest BCUT2D eigenvalue weighted by atomic mass is 9.98. The first-order chi connectivity index (χ1) is 11.5. The molecule has 0 saturated heterocycles. The maximum absolute atomic E-state index is 12.8. The topological polar surface area (TPSA) is 55.5 Å². The van der Waals surface area contributed by atoms with E-state index in [2.05, 4.69) is 11.8 Å². The third-order valence-corrected chi connectivity index (χ3v) is 4.59. The minimum atomic E-state index is -0.538. The fourth-order valence-corrected chi connectivity index (χ4v) is 2.87. The Kier molecular flexibility index (Phi) is 6.95. The summed E-state index contributed by atoms with van der Waals surface area (Å²) in [6.45, 7) is 2.58. The van der Waals surface area contributed by atoms with E-state index in [4.69, 9.17) is 15.6 Å². The van der Waals surface area contributed by atoms with Gasteiger partial charge in [0.1, 0.15) is 12.4 Å². The average Bonchev–Trinajstić information content (AvgIpc) is 3.02. The average molecular weight is 347 g/mol. The van der Waals surface area contributed by atoms with Crippen molar-refractivity contribution in [3.05, 3.63) is 57.5 Å². The summed E-state index contributed by atoms with van der Waals surface area (Å²) < 4.78 is 18.2. The molecule has 0 radical (unpaired) electrons. The van der Waals surface area contributed by atoms with Gasteiger partial charge in [0.05, 0.1) is 18.1 Å². The van der Waals surface area contributed by atoms with Gasteiger partial charge < -0.3 is 15.6 Å². The van der Waals surface area contributed by atoms with E-state index in [1.807, 2.05) is 19.1 Å². The van der Waals surface area contributed by atoms with Crippen LogP contribution in [0.15, 0.2) is 36.4 Å². The van der Waals surface area contributed by atoms with Crippen LogP contribution < -0.4 is 5.73 Å². The molecule has 0 aliphatic rings. The summed E-state index contributed by atoms with van der Waals surface area (Å²) in [5.41, 5.74) is 6.31. The first-order valence-electron chi connectivity index (χ1n) is 7.78. The second-order valence-corrected chi connectivity index (χ2v) is 7.17. The summed E-state index contributed by atoms with van der Waals surface area (Å²) in [6.07, 6.45) is 1.57. The van der Waals surface area contributed by atoms with Gasteiger partial charge in [-0.25, -0.2) is 4.39 Å². The molecular weight excluding hydrogens is 325 g/mol. The molecule has 0 aliphatic carbocycles. The van der Waals surface area contributed by atoms with Gasteiger partial charge in [-0.1, -0.05) is 24.0 Å². The first-order valence-corrected chi connectivity index (χ1v) is 8.60. The fraction of sp³-hybridized carbons (Fsp3) is 0.368. The second kappa shape index (κ2) is 8.95. The Hall–Kier alpha value is -1.71. The smallest absolute Gasteiger partial charge is 0.123 e. The predicted molar refractivity (Wildman–Crippen MR) is 95.3 cm³/mol. The van der Waals surface area contributed by atoms with Crippen molar-refractivity contribution in [3.63, 3.8) is 0 Å². The van der Waals surface area contributed by atoms with Gasteiger partial charge in [-0.15, -0.1) is 11.3 Å². The summed E-state index contributed by atoms with van der Waals surface area (Å²) in [4.78, 5) is 2.19. The van der Waals surface area contributed by atoms with Crippen molar-refractivity contribution in [1.29, 1.82) is 0 Å². The molecule has 24 heavy (non-hydrogen) atoms. The van der Waals surface area contributed by atoms with Crippen molar-refractivity contribution < 1.29 is 14.2 Å². The Balaban J connectivity index is 1.74. The molecule has 2 rings (SSSR count). The lowest BCUT2D eigenvalue weighted by Gasteiger charge is -2.20. The number of ether oxygens (including phenoxy) is 1. The molecule has 1 unspecified atom stereocenters. The fourth-order valence-electron chi connectivity index (χ4n) is 1.99. The zero-order valence-corrected chi connectivity index (χ0v) is 14.5. The standard InChI is InChI=1S/C19H22FNO2S/c1-19(21,14-22)11-10-18-9-8-17(24-18)3-2-12-23-13-15-4-6-16(20)7-5-15/h4-9,22H,10-14,21H2,1H3. The molecule has 2 aromatic rings. The van der Waals surface area contributed by atoms with E-state index in [-0.39, 0.29) is 12.4 Å². The third kappa shape index (κ3) is 6.42. The molecule has 0 bridgehead atoms. The van der Waals surface area contributed by atoms with Gasteiger partial charge in [0.25, 0.3) is 0 Å². The number of nitrogens with two attached hydrogens (primary N) is 1. The summed E-state index contributed by atoms with van der Waals surface area (Å²) in [7, 11) is 0. The molecule has 0 fully saturated rings. The molecule has 1 aromatic heterocycles. The highest BCUT2D eigenvalue weighted by atomic mass is 32.1. The molecule has 1 atom stereocenters. The van der Waals surface area contributed by atoms with Crippen molar-refractivity contribution in [3.8, 4) is 11.8 Å². The van der Waals surface area contributed by atoms with Gasteiger partial charge in [-0.2, -0.15) is 0 Å². The molecule has 1 heterocycles. The van der Waals surface area contributed by atoms with Gasteiger partial charge >= 0.3 is 0 Å². The van der Waals surface area contributed by atoms with Crippen LogP contribution in [0.3, 0.4) is 0 Å². The largest absolute Gasteiger partial charge is 0.394 e. The molecule has 128 valence electrons. The summed E-state index contributed by atoms with van der Waals surface area (Å²) in [5, 5.41) is 9.16. The van der Waals surface area contributed by atoms with Crippen LogP contribution in [-0.2, 0) is 17.8 Å². The maximum Gasteiger partial charge on any atom is 0.123 e. The Morgan fingerprint density at radius 1 is 1.25 bits per heavy atom. The van der Waals surface area contributed by atoms with E-state index in [1.54, 1.807) is 23.5 Å². The number of aliphatic hydroxyl groups is 1. The first kappa shape index (κ1) is 18.6. The van der Waals surface area contributed by atoms with Crippen molar-refractivity contribution in [2.45, 2.75) is 31.9 Å². The zero-order valence-electron chi connectivity index (χ0n) is 13.7. The van der Waals surface area contributed by atoms with Crippen molar-refractivity contribution in [2.24, 2.45) is 5.73 Å². The van der Waals surface area contributed by atoms with Gasteiger partial charge in [0, 0.05) is 10.4 Å². The second-order valence-electron chi connectivity index (χ2n) is 6.00. The Morgan fingerprint density at radius 2 is 2.00 bits per heavy atom. The van der Waals surface area contributed by atoms with Crippen LogP contribution in [-0.4, -0.2) is 23.9 Å². The van der Waals surface area contributed by atoms with E-state index < -0.39 is 5.54 Å². The van der Waals surface area contributed by atoms with Crippen LogP contribution in [0, 0.1) is 17.7 Å². The summed E-state index contributed by atoms with van der Waals surface area (Å²) >= 11 is 1.63. The lowest BCUT2D eigenvalue weighted by molar-refractivity contribution is 0.153. The molecular formula is C19H22FNO2S. The molecule has 3 nitrogen and oxygen atoms in total. The molecule has 0 spiro atoms. The highest BCUT2D eigenvalue weighted by molar-refractivity contribution is 7.12. The number of thiophene rings is 1. The minimum Gasteiger partial charge on any atom is -0.394 e. The van der Waals surface area contributed by atoms with Crippen LogP contribution in [0.1, 0.15) is 28.7 Å². The summed E-state index contributed by atoms with van der Waals surface area (Å²) in [5.74, 6) is 5.80. The maximum atomic E-state index is 12.8. The molecule has 0 amide bonds. The molecule has 0 aliphatic heterocycles. The van der Waals surface area contributed by atoms with Gasteiger partial charge in [0.15, 0.2) is 0 Å². The third-order valence-electron chi connectivity index (χ3n) is 3.53. The van der Waals surface area contributed by atoms with Crippen molar-refractivity contribution >= 4 is 11.3 Å². The van der Waals surface area contributed by atoms with E-state index in [1.165, 1.54) is 17.0 Å². The van der Waals surface area contributed by atoms with Crippen molar-refractivity contribution in [1.82, 2.24) is 0 Å². The van der Waals surface area contributed by atoms with Crippen LogP contribution >= 0.6 is 11.3 Å². The number of benzene rings is 1. The van der Waals surface area contributed by atoms with E-state index >= 15 is 0 Å². The Bertz CT molecular complexity index is 698. The summed E-state index contributed by atoms with van der Waals surface area (Å²) in [6, 6.07) is 10.3. The van der Waals surface area contributed by atoms with Crippen molar-refractivity contribution in [2.75, 3.05) is 13.2 Å². The number of hydrogen-bond donors (Lipinski definition) is 2. The number of halogens is 1. The minimum absolute atomic E-state index is 0.0174. The highest BCUT2D eigenvalue weighted by Gasteiger charge is 2.16. The van der Waals surface area contributed by atoms with Gasteiger partial charge in [0.2, 0.25) is 0 Å². The lowest BCUT2D eigenvalue weighted by Crippen LogP contribution is -2.40. The van der Waals surface area contributed by atoms with Gasteiger partial charge in [-0.05, 0) is 49.6 Å². The van der Waals surface area contributed by atoms with E-state index in [9.17, 15) is 4.39 Å². The predicted octanol–water partition coefficient (Wildman–Crippen LogP) is 3.10. The van der Waals surface area contributed by atoms with Crippen LogP contribution in [0.5, 0.6) is 0 Å². The number of aliphatic hydroxyl groups excluding tert-OH is 1. The number of aryl methyl sites for hydroxylation is 1. The molecule has 5 heteroatoms. The van der Waals surface area contributed by atoms with Crippen LogP contribution in [0.25, 0.3) is 0 Å². The monoisotopic (exact) mass is 347 g/mol. The number of hydrogen-bond acceptors (Lipinski definition) is 4. The van der Waals surface area contributed by atoms with Crippen LogP contribution in [0.2, 0.25) is 0 Å². The quantitative estimate of drug-likeness (QED) is 0.598. The SMILES string of the molecule is CC(N)(CO)CCc1ccc(C#CCOCc2ccc(F)cc2)s1. The molecule has 3 N–H and O–H groups in total. The Labute approximate surface area is 146 Å². The zero-order chi connectivity index (χ0) is 17.4. The molecule has 0 saturated carbocycles. The normalized spacial score (nSPS) is 13.2. The van der Waals surface area contributed by atoms with Gasteiger partial charge in [-0.3, -0.25) is 0 Å². The number of rotatable bonds is 7. The molecule has 1 aromatic carbocycles. The van der Waals surface area contributed by atoms with E-state index in [0.29, 0.717) is 13.2 Å². The highest BCUT2D eigenvalue weighted by Crippen LogP contribution is 2.19. The van der Waals surface area contributed by atoms with Crippen LogP contribution in [0.4, 0.5) is 4.39 Å². The Morgan fingerprint density at radius 3 is 2.71 bits per heavy atom.